The molecule has 0 aromatic carbocycles. The van der Waals surface area contributed by atoms with E-state index in [1.165, 1.54) is 0 Å². The van der Waals surface area contributed by atoms with Crippen molar-refractivity contribution in [3.05, 3.63) is 12.2 Å². The molecule has 11 nitrogen and oxygen atoms in total. The zero-order valence-electron chi connectivity index (χ0n) is 11.0. The highest BCUT2D eigenvalue weighted by Crippen LogP contribution is 2.28. The Morgan fingerprint density at radius 2 is 2.00 bits per heavy atom. The number of aromatic nitrogens is 3. The number of carboxylic acids is 1. The van der Waals surface area contributed by atoms with Crippen LogP contribution < -0.4 is 5.73 Å². The van der Waals surface area contributed by atoms with Crippen molar-refractivity contribution in [2.45, 2.75) is 31.5 Å². The summed E-state index contributed by atoms with van der Waals surface area (Å²) >= 11 is 0. The monoisotopic (exact) mass is 304 g/mol. The molecule has 1 aromatic rings. The average Bonchev–Trinajstić information content (AvgIpc) is 2.96. The van der Waals surface area contributed by atoms with Crippen LogP contribution in [0, 0.1) is 0 Å². The second-order valence-electron chi connectivity index (χ2n) is 4.16. The van der Waals surface area contributed by atoms with Gasteiger partial charge in [0.05, 0.1) is 6.61 Å². The number of amides is 1. The van der Waals surface area contributed by atoms with Gasteiger partial charge in [-0.25, -0.2) is 9.67 Å². The second kappa shape index (κ2) is 7.08. The van der Waals surface area contributed by atoms with Crippen LogP contribution in [-0.4, -0.2) is 72.0 Å². The van der Waals surface area contributed by atoms with E-state index in [2.05, 4.69) is 10.1 Å². The van der Waals surface area contributed by atoms with Gasteiger partial charge in [0.15, 0.2) is 6.23 Å². The van der Waals surface area contributed by atoms with Gasteiger partial charge in [-0.3, -0.25) is 9.59 Å². The maximum atomic E-state index is 10.8. The number of ether oxygens (including phenoxy) is 1. The molecule has 11 heteroatoms. The van der Waals surface area contributed by atoms with E-state index in [0.717, 1.165) is 17.9 Å². The normalized spacial score (nSPS) is 27.8. The Hall–Kier alpha value is -2.08. The first kappa shape index (κ1) is 17.0. The highest BCUT2D eigenvalue weighted by atomic mass is 16.6. The fraction of sp³-hybridized carbons (Fsp3) is 0.600. The van der Waals surface area contributed by atoms with Crippen LogP contribution in [0.2, 0.25) is 0 Å². The molecule has 6 N–H and O–H groups in total. The lowest BCUT2D eigenvalue weighted by Crippen LogP contribution is -2.33. The zero-order valence-corrected chi connectivity index (χ0v) is 11.0. The molecule has 0 aliphatic carbocycles. The van der Waals surface area contributed by atoms with Crippen LogP contribution in [0.5, 0.6) is 0 Å². The molecule has 1 saturated heterocycles. The Morgan fingerprint density at radius 1 is 1.43 bits per heavy atom. The number of aliphatic carboxylic acids is 1. The summed E-state index contributed by atoms with van der Waals surface area (Å²) < 4.78 is 6.25. The number of carboxylic acid groups (broad SMARTS) is 1. The van der Waals surface area contributed by atoms with Crippen LogP contribution in [0.4, 0.5) is 0 Å². The van der Waals surface area contributed by atoms with Crippen LogP contribution in [-0.2, 0) is 9.53 Å². The molecule has 1 aromatic heterocycles. The highest BCUT2D eigenvalue weighted by molar-refractivity contribution is 5.88. The number of aliphatic hydroxyl groups is 3. The minimum absolute atomic E-state index is 0.220. The summed E-state index contributed by atoms with van der Waals surface area (Å²) in [5, 5.41) is 39.2. The molecular weight excluding hydrogens is 288 g/mol. The smallest absolute Gasteiger partial charge is 0.300 e. The summed E-state index contributed by atoms with van der Waals surface area (Å²) in [6.45, 7) is 0.645. The predicted octanol–water partition coefficient (Wildman–Crippen LogP) is -2.92. The summed E-state index contributed by atoms with van der Waals surface area (Å²) in [5.74, 6) is -1.86. The van der Waals surface area contributed by atoms with Crippen molar-refractivity contribution in [1.82, 2.24) is 14.8 Å². The molecule has 21 heavy (non-hydrogen) atoms. The number of nitrogens with zero attached hydrogens (tertiary/aromatic N) is 3. The Balaban J connectivity index is 0.000000491. The van der Waals surface area contributed by atoms with E-state index in [-0.39, 0.29) is 5.82 Å². The van der Waals surface area contributed by atoms with Crippen molar-refractivity contribution in [1.29, 1.82) is 0 Å². The third-order valence-corrected chi connectivity index (χ3v) is 2.51. The first-order valence-electron chi connectivity index (χ1n) is 5.80. The van der Waals surface area contributed by atoms with E-state index >= 15 is 0 Å². The molecular formula is C10H16N4O7. The molecule has 2 heterocycles. The number of hydrogen-bond acceptors (Lipinski definition) is 8. The third-order valence-electron chi connectivity index (χ3n) is 2.51. The molecule has 0 radical (unpaired) electrons. The van der Waals surface area contributed by atoms with Crippen LogP contribution in [0.1, 0.15) is 23.8 Å². The standard InChI is InChI=1S/C8H12N4O5.C2H4O2/c9-6(16)7-10-2-12(11-7)8-5(15)4(14)3(1-13)17-8;1-2(3)4/h2-5,8,13-15H,1H2,(H2,9,16);1H3,(H,3,4)/t3-,4-,5-,8-;/m1./s1. The molecule has 0 bridgehead atoms. The molecule has 0 saturated carbocycles. The Kier molecular flexibility index (Phi) is 5.72. The number of carbonyl (C=O) groups excluding carboxylic acids is 1. The fourth-order valence-electron chi connectivity index (χ4n) is 1.61. The van der Waals surface area contributed by atoms with Crippen molar-refractivity contribution in [3.63, 3.8) is 0 Å². The largest absolute Gasteiger partial charge is 0.481 e. The first-order valence-corrected chi connectivity index (χ1v) is 5.80. The van der Waals surface area contributed by atoms with E-state index in [1.54, 1.807) is 0 Å². The zero-order chi connectivity index (χ0) is 16.2. The van der Waals surface area contributed by atoms with E-state index in [1.807, 2.05) is 0 Å². The molecule has 118 valence electrons. The van der Waals surface area contributed by atoms with Gasteiger partial charge in [0.25, 0.3) is 11.9 Å². The summed E-state index contributed by atoms with van der Waals surface area (Å²) in [4.78, 5) is 23.4. The lowest BCUT2D eigenvalue weighted by Gasteiger charge is -2.13. The van der Waals surface area contributed by atoms with Gasteiger partial charge in [-0.2, -0.15) is 0 Å². The lowest BCUT2D eigenvalue weighted by atomic mass is 10.1. The lowest BCUT2D eigenvalue weighted by molar-refractivity contribution is -0.134. The van der Waals surface area contributed by atoms with Gasteiger partial charge in [0.2, 0.25) is 5.82 Å². The number of primary amides is 1. The quantitative estimate of drug-likeness (QED) is 0.390. The predicted molar refractivity (Wildman–Crippen MR) is 64.9 cm³/mol. The van der Waals surface area contributed by atoms with Crippen LogP contribution in [0.3, 0.4) is 0 Å². The fourth-order valence-corrected chi connectivity index (χ4v) is 1.61. The van der Waals surface area contributed by atoms with E-state index < -0.39 is 43.0 Å². The van der Waals surface area contributed by atoms with Gasteiger partial charge in [0.1, 0.15) is 24.6 Å². The molecule has 1 amide bonds. The third kappa shape index (κ3) is 4.19. The SMILES string of the molecule is CC(=O)O.NC(=O)c1ncn([C@@H]2O[C@H](CO)[C@@H](O)[C@H]2O)n1. The second-order valence-corrected chi connectivity index (χ2v) is 4.16. The maximum absolute atomic E-state index is 10.8. The number of aliphatic hydroxyl groups excluding tert-OH is 3. The maximum Gasteiger partial charge on any atom is 0.300 e. The summed E-state index contributed by atoms with van der Waals surface area (Å²) in [5.41, 5.74) is 4.97. The number of nitrogens with two attached hydrogens (primary N) is 1. The molecule has 4 atom stereocenters. The van der Waals surface area contributed by atoms with Gasteiger partial charge in [-0.05, 0) is 0 Å². The van der Waals surface area contributed by atoms with Gasteiger partial charge < -0.3 is 30.9 Å². The van der Waals surface area contributed by atoms with Crippen molar-refractivity contribution < 1.29 is 34.8 Å². The highest BCUT2D eigenvalue weighted by Gasteiger charge is 2.43. The van der Waals surface area contributed by atoms with E-state index in [9.17, 15) is 15.0 Å². The number of hydrogen-bond donors (Lipinski definition) is 5. The molecule has 1 aliphatic rings. The number of rotatable bonds is 3. The Morgan fingerprint density at radius 3 is 2.38 bits per heavy atom. The van der Waals surface area contributed by atoms with Crippen molar-refractivity contribution in [3.8, 4) is 0 Å². The van der Waals surface area contributed by atoms with Crippen molar-refractivity contribution >= 4 is 11.9 Å². The van der Waals surface area contributed by atoms with Crippen LogP contribution >= 0.6 is 0 Å². The van der Waals surface area contributed by atoms with Gasteiger partial charge in [0, 0.05) is 6.92 Å². The summed E-state index contributed by atoms with van der Waals surface area (Å²) in [6.07, 6.45) is -3.26. The molecule has 0 spiro atoms. The molecule has 1 fully saturated rings. The Bertz CT molecular complexity index is 501. The topological polar surface area (TPSA) is 181 Å². The first-order chi connectivity index (χ1) is 9.77. The Labute approximate surface area is 118 Å². The average molecular weight is 304 g/mol. The minimum atomic E-state index is -1.27. The molecule has 1 aliphatic heterocycles. The minimum Gasteiger partial charge on any atom is -0.481 e. The number of carbonyl (C=O) groups is 2. The summed E-state index contributed by atoms with van der Waals surface area (Å²) in [6, 6.07) is 0. The van der Waals surface area contributed by atoms with Crippen LogP contribution in [0.25, 0.3) is 0 Å². The molecule has 0 unspecified atom stereocenters. The van der Waals surface area contributed by atoms with Crippen molar-refractivity contribution in [2.24, 2.45) is 5.73 Å². The van der Waals surface area contributed by atoms with Gasteiger partial charge >= 0.3 is 0 Å². The van der Waals surface area contributed by atoms with E-state index in [0.29, 0.717) is 0 Å². The van der Waals surface area contributed by atoms with Gasteiger partial charge in [-0.1, -0.05) is 0 Å². The van der Waals surface area contributed by atoms with Crippen molar-refractivity contribution in [2.75, 3.05) is 6.61 Å². The molecule has 2 rings (SSSR count). The van der Waals surface area contributed by atoms with Crippen LogP contribution in [0.15, 0.2) is 6.33 Å². The summed E-state index contributed by atoms with van der Waals surface area (Å²) in [7, 11) is 0. The van der Waals surface area contributed by atoms with Gasteiger partial charge in [-0.15, -0.1) is 5.10 Å². The van der Waals surface area contributed by atoms with E-state index in [4.69, 9.17) is 25.5 Å².